The molecule has 2 aromatic carbocycles. The largest absolute Gasteiger partial charge is 0.325 e. The Kier molecular flexibility index (Phi) is 6.25. The van der Waals surface area contributed by atoms with Crippen LogP contribution in [0.2, 0.25) is 0 Å². The summed E-state index contributed by atoms with van der Waals surface area (Å²) in [6.07, 6.45) is 1.77. The maximum atomic E-state index is 12.1. The van der Waals surface area contributed by atoms with Crippen LogP contribution in [0.25, 0.3) is 11.4 Å². The molecule has 0 unspecified atom stereocenters. The number of hydrogen-bond acceptors (Lipinski definition) is 4. The van der Waals surface area contributed by atoms with Crippen molar-refractivity contribution in [2.45, 2.75) is 11.7 Å². The van der Waals surface area contributed by atoms with E-state index in [1.54, 1.807) is 10.8 Å². The zero-order chi connectivity index (χ0) is 18.4. The van der Waals surface area contributed by atoms with E-state index in [-0.39, 0.29) is 11.7 Å². The minimum Gasteiger partial charge on any atom is -0.325 e. The predicted molar refractivity (Wildman–Crippen MR) is 109 cm³/mol. The fraction of sp³-hybridized carbons (Fsp3) is 0.105. The first-order valence-corrected chi connectivity index (χ1v) is 9.73. The first kappa shape index (κ1) is 18.4. The lowest BCUT2D eigenvalue weighted by molar-refractivity contribution is -0.113. The molecule has 3 aromatic rings. The fourth-order valence-corrected chi connectivity index (χ4v) is 3.20. The lowest BCUT2D eigenvalue weighted by Gasteiger charge is -2.02. The average Bonchev–Trinajstić information content (AvgIpc) is 3.05. The molecule has 1 amide bonds. The molecule has 1 heterocycles. The molecule has 0 aliphatic carbocycles. The number of aromatic nitrogens is 3. The lowest BCUT2D eigenvalue weighted by Crippen LogP contribution is -2.13. The molecular weight excluding hydrogens is 412 g/mol. The van der Waals surface area contributed by atoms with E-state index in [1.165, 1.54) is 11.8 Å². The molecule has 3 rings (SSSR count). The van der Waals surface area contributed by atoms with Gasteiger partial charge in [0.25, 0.3) is 0 Å². The maximum absolute atomic E-state index is 12.1. The van der Waals surface area contributed by atoms with Crippen LogP contribution < -0.4 is 5.32 Å². The van der Waals surface area contributed by atoms with Crippen LogP contribution in [0.3, 0.4) is 0 Å². The van der Waals surface area contributed by atoms with Gasteiger partial charge in [0.2, 0.25) is 11.1 Å². The highest BCUT2D eigenvalue weighted by molar-refractivity contribution is 9.10. The van der Waals surface area contributed by atoms with Gasteiger partial charge in [0, 0.05) is 15.7 Å². The Hall–Kier alpha value is -2.38. The number of rotatable bonds is 7. The number of nitrogens with one attached hydrogen (secondary N) is 1. The number of allylic oxidation sites excluding steroid dienone is 1. The van der Waals surface area contributed by atoms with E-state index in [0.29, 0.717) is 11.7 Å². The van der Waals surface area contributed by atoms with Crippen molar-refractivity contribution in [2.75, 3.05) is 11.1 Å². The standard InChI is InChI=1S/C19H17BrN4OS/c1-2-12-24-18(14-8-10-15(20)11-9-14)22-19(23-24)26-13-17(25)21-16-6-4-3-5-7-16/h2-11H,1,12-13H2,(H,21,25). The van der Waals surface area contributed by atoms with Crippen LogP contribution in [0.15, 0.2) is 76.9 Å². The second-order valence-corrected chi connectivity index (χ2v) is 7.26. The molecule has 0 spiro atoms. The second-order valence-electron chi connectivity index (χ2n) is 5.40. The van der Waals surface area contributed by atoms with Crippen molar-refractivity contribution in [3.63, 3.8) is 0 Å². The Bertz CT molecular complexity index is 894. The van der Waals surface area contributed by atoms with E-state index < -0.39 is 0 Å². The third kappa shape index (κ3) is 4.83. The van der Waals surface area contributed by atoms with E-state index in [4.69, 9.17) is 0 Å². The number of thioether (sulfide) groups is 1. The molecule has 0 saturated carbocycles. The molecule has 5 nitrogen and oxygen atoms in total. The van der Waals surface area contributed by atoms with Gasteiger partial charge in [-0.2, -0.15) is 0 Å². The van der Waals surface area contributed by atoms with Crippen molar-refractivity contribution < 1.29 is 4.79 Å². The molecule has 0 aliphatic heterocycles. The zero-order valence-electron chi connectivity index (χ0n) is 13.9. The predicted octanol–water partition coefficient (Wildman–Crippen LogP) is 4.62. The molecule has 0 fully saturated rings. The van der Waals surface area contributed by atoms with Crippen molar-refractivity contribution in [1.82, 2.24) is 14.8 Å². The van der Waals surface area contributed by atoms with Crippen molar-refractivity contribution in [3.05, 3.63) is 71.7 Å². The van der Waals surface area contributed by atoms with Gasteiger partial charge in [0.15, 0.2) is 5.82 Å². The molecule has 132 valence electrons. The van der Waals surface area contributed by atoms with Crippen molar-refractivity contribution >= 4 is 39.3 Å². The first-order valence-electron chi connectivity index (χ1n) is 7.95. The highest BCUT2D eigenvalue weighted by Crippen LogP contribution is 2.23. The van der Waals surface area contributed by atoms with Crippen molar-refractivity contribution in [1.29, 1.82) is 0 Å². The number of carbonyl (C=O) groups is 1. The summed E-state index contributed by atoms with van der Waals surface area (Å²) in [6.45, 7) is 4.32. The minimum absolute atomic E-state index is 0.0912. The molecule has 1 aromatic heterocycles. The summed E-state index contributed by atoms with van der Waals surface area (Å²) in [5.74, 6) is 0.905. The van der Waals surface area contributed by atoms with Gasteiger partial charge in [-0.25, -0.2) is 9.67 Å². The van der Waals surface area contributed by atoms with Gasteiger partial charge in [-0.3, -0.25) is 4.79 Å². The van der Waals surface area contributed by atoms with Gasteiger partial charge in [0.05, 0.1) is 12.3 Å². The van der Waals surface area contributed by atoms with Crippen molar-refractivity contribution in [2.24, 2.45) is 0 Å². The van der Waals surface area contributed by atoms with Gasteiger partial charge in [0.1, 0.15) is 0 Å². The van der Waals surface area contributed by atoms with Crippen LogP contribution >= 0.6 is 27.7 Å². The quantitative estimate of drug-likeness (QED) is 0.440. The fourth-order valence-electron chi connectivity index (χ4n) is 2.29. The summed E-state index contributed by atoms with van der Waals surface area (Å²) in [5.41, 5.74) is 1.74. The molecule has 26 heavy (non-hydrogen) atoms. The highest BCUT2D eigenvalue weighted by atomic mass is 79.9. The Morgan fingerprint density at radius 2 is 1.92 bits per heavy atom. The van der Waals surface area contributed by atoms with Gasteiger partial charge in [-0.1, -0.05) is 64.1 Å². The van der Waals surface area contributed by atoms with E-state index in [0.717, 1.165) is 21.5 Å². The zero-order valence-corrected chi connectivity index (χ0v) is 16.3. The van der Waals surface area contributed by atoms with Crippen LogP contribution in [0.4, 0.5) is 5.69 Å². The molecule has 0 aliphatic rings. The van der Waals surface area contributed by atoms with Crippen LogP contribution in [-0.4, -0.2) is 26.4 Å². The van der Waals surface area contributed by atoms with Gasteiger partial charge < -0.3 is 5.32 Å². The van der Waals surface area contributed by atoms with Crippen LogP contribution in [0.5, 0.6) is 0 Å². The number of benzene rings is 2. The minimum atomic E-state index is -0.0912. The highest BCUT2D eigenvalue weighted by Gasteiger charge is 2.13. The van der Waals surface area contributed by atoms with Gasteiger partial charge in [-0.15, -0.1) is 11.7 Å². The van der Waals surface area contributed by atoms with Gasteiger partial charge in [-0.05, 0) is 24.3 Å². The molecule has 0 atom stereocenters. The number of carbonyl (C=O) groups excluding carboxylic acids is 1. The number of para-hydroxylation sites is 1. The third-order valence-corrected chi connectivity index (χ3v) is 4.81. The SMILES string of the molecule is C=CCn1nc(SCC(=O)Nc2ccccc2)nc1-c1ccc(Br)cc1. The van der Waals surface area contributed by atoms with E-state index in [1.807, 2.05) is 54.6 Å². The summed E-state index contributed by atoms with van der Waals surface area (Å²) in [6, 6.07) is 17.2. The molecule has 7 heteroatoms. The summed E-state index contributed by atoms with van der Waals surface area (Å²) in [5, 5.41) is 7.90. The Morgan fingerprint density at radius 3 is 2.62 bits per heavy atom. The molecule has 0 bridgehead atoms. The van der Waals surface area contributed by atoms with Crippen molar-refractivity contribution in [3.8, 4) is 11.4 Å². The number of hydrogen-bond donors (Lipinski definition) is 1. The normalized spacial score (nSPS) is 10.5. The summed E-state index contributed by atoms with van der Waals surface area (Å²) < 4.78 is 2.79. The van der Waals surface area contributed by atoms with Gasteiger partial charge >= 0.3 is 0 Å². The monoisotopic (exact) mass is 428 g/mol. The second kappa shape index (κ2) is 8.82. The maximum Gasteiger partial charge on any atom is 0.234 e. The number of nitrogens with zero attached hydrogens (tertiary/aromatic N) is 3. The molecule has 0 saturated heterocycles. The third-order valence-electron chi connectivity index (χ3n) is 3.45. The van der Waals surface area contributed by atoms with E-state index in [2.05, 4.69) is 37.9 Å². The van der Waals surface area contributed by atoms with Crippen LogP contribution in [-0.2, 0) is 11.3 Å². The smallest absolute Gasteiger partial charge is 0.234 e. The average molecular weight is 429 g/mol. The number of amides is 1. The van der Waals surface area contributed by atoms with E-state index >= 15 is 0 Å². The van der Waals surface area contributed by atoms with E-state index in [9.17, 15) is 4.79 Å². The first-order chi connectivity index (χ1) is 12.7. The number of anilines is 1. The summed E-state index contributed by atoms with van der Waals surface area (Å²) in [7, 11) is 0. The molecule has 0 radical (unpaired) electrons. The Morgan fingerprint density at radius 1 is 1.19 bits per heavy atom. The molecule has 1 N–H and O–H groups in total. The summed E-state index contributed by atoms with van der Waals surface area (Å²) >= 11 is 4.74. The Labute approximate surface area is 164 Å². The lowest BCUT2D eigenvalue weighted by atomic mass is 10.2. The molecular formula is C19H17BrN4OS. The Balaban J connectivity index is 1.70. The van der Waals surface area contributed by atoms with Crippen LogP contribution in [0, 0.1) is 0 Å². The summed E-state index contributed by atoms with van der Waals surface area (Å²) in [4.78, 5) is 16.7. The van der Waals surface area contributed by atoms with Crippen LogP contribution in [0.1, 0.15) is 0 Å². The number of halogens is 1. The topological polar surface area (TPSA) is 59.8 Å².